The quantitative estimate of drug-likeness (QED) is 0.491. The zero-order valence-corrected chi connectivity index (χ0v) is 17.7. The first-order valence-corrected chi connectivity index (χ1v) is 13.1. The van der Waals surface area contributed by atoms with Gasteiger partial charge in [0.25, 0.3) is 0 Å². The summed E-state index contributed by atoms with van der Waals surface area (Å²) >= 11 is 0. The summed E-state index contributed by atoms with van der Waals surface area (Å²) < 4.78 is 24.3. The first-order valence-electron chi connectivity index (χ1n) is 8.09. The van der Waals surface area contributed by atoms with Crippen molar-refractivity contribution in [2.75, 3.05) is 13.2 Å². The van der Waals surface area contributed by atoms with Gasteiger partial charge in [-0.05, 0) is 19.3 Å². The van der Waals surface area contributed by atoms with Crippen LogP contribution in [-0.4, -0.2) is 32.5 Å². The molecular formula is C16H35O4PSi. The standard InChI is InChI=1S/C16H35O4PSi/c1-10-19-21(18,20-11-2)14(22(7,8)9)12-13(3)15(17)16(4,5)6/h12-13,15,17H,10-11H2,1-9H3/b14-12+/t13-,15+/m1/s1. The Balaban J connectivity index is 5.83. The van der Waals surface area contributed by atoms with Crippen molar-refractivity contribution in [3.05, 3.63) is 11.0 Å². The molecule has 0 spiro atoms. The predicted octanol–water partition coefficient (Wildman–Crippen LogP) is 5.06. The molecule has 0 bridgehead atoms. The van der Waals surface area contributed by atoms with Crippen LogP contribution in [0.2, 0.25) is 19.6 Å². The molecule has 4 nitrogen and oxygen atoms in total. The van der Waals surface area contributed by atoms with Crippen molar-refractivity contribution in [2.45, 2.75) is 67.3 Å². The summed E-state index contributed by atoms with van der Waals surface area (Å²) in [5.74, 6) is -0.115. The third-order valence-corrected chi connectivity index (χ3v) is 9.94. The Morgan fingerprint density at radius 2 is 1.59 bits per heavy atom. The van der Waals surface area contributed by atoms with Gasteiger partial charge >= 0.3 is 7.60 Å². The highest BCUT2D eigenvalue weighted by Gasteiger charge is 2.39. The maximum absolute atomic E-state index is 13.2. The topological polar surface area (TPSA) is 55.8 Å². The molecule has 0 aliphatic heterocycles. The first-order chi connectivity index (χ1) is 9.79. The summed E-state index contributed by atoms with van der Waals surface area (Å²) in [6.07, 6.45) is 1.42. The van der Waals surface area contributed by atoms with E-state index in [9.17, 15) is 9.67 Å². The van der Waals surface area contributed by atoms with Crippen molar-refractivity contribution in [2.24, 2.45) is 11.3 Å². The van der Waals surface area contributed by atoms with Crippen molar-refractivity contribution in [3.8, 4) is 0 Å². The zero-order chi connectivity index (χ0) is 17.8. The van der Waals surface area contributed by atoms with Gasteiger partial charge in [-0.2, -0.15) is 0 Å². The number of aliphatic hydroxyl groups excluding tert-OH is 1. The van der Waals surface area contributed by atoms with Gasteiger partial charge in [-0.25, -0.2) is 0 Å². The smallest absolute Gasteiger partial charge is 0.353 e. The minimum Gasteiger partial charge on any atom is -0.392 e. The van der Waals surface area contributed by atoms with Crippen LogP contribution in [0.15, 0.2) is 11.0 Å². The number of hydrogen-bond acceptors (Lipinski definition) is 4. The number of hydrogen-bond donors (Lipinski definition) is 1. The fourth-order valence-electron chi connectivity index (χ4n) is 2.40. The molecule has 1 N–H and O–H groups in total. The van der Waals surface area contributed by atoms with Crippen molar-refractivity contribution in [3.63, 3.8) is 0 Å². The monoisotopic (exact) mass is 350 g/mol. The normalized spacial score (nSPS) is 17.5. The highest BCUT2D eigenvalue weighted by molar-refractivity contribution is 7.62. The first kappa shape index (κ1) is 22.1. The molecule has 0 aromatic heterocycles. The van der Waals surface area contributed by atoms with Crippen molar-refractivity contribution < 1.29 is 18.7 Å². The summed E-state index contributed by atoms with van der Waals surface area (Å²) in [7, 11) is -5.21. The predicted molar refractivity (Wildman–Crippen MR) is 96.9 cm³/mol. The third kappa shape index (κ3) is 6.29. The summed E-state index contributed by atoms with van der Waals surface area (Å²) in [5, 5.41) is 10.5. The largest absolute Gasteiger partial charge is 0.392 e. The lowest BCUT2D eigenvalue weighted by Gasteiger charge is -2.33. The van der Waals surface area contributed by atoms with Gasteiger partial charge in [0.05, 0.1) is 27.4 Å². The highest BCUT2D eigenvalue weighted by Crippen LogP contribution is 2.59. The van der Waals surface area contributed by atoms with Crippen molar-refractivity contribution in [1.29, 1.82) is 0 Å². The summed E-state index contributed by atoms with van der Waals surface area (Å²) in [6.45, 7) is 18.7. The minimum atomic E-state index is -3.29. The van der Waals surface area contributed by atoms with Crippen LogP contribution in [0, 0.1) is 11.3 Å². The zero-order valence-electron chi connectivity index (χ0n) is 15.8. The molecule has 2 atom stereocenters. The van der Waals surface area contributed by atoms with E-state index in [1.807, 2.05) is 47.6 Å². The molecule has 0 aliphatic carbocycles. The minimum absolute atomic E-state index is 0.115. The molecule has 6 heteroatoms. The Morgan fingerprint density at radius 3 is 1.86 bits per heavy atom. The molecule has 0 saturated heterocycles. The van der Waals surface area contributed by atoms with E-state index >= 15 is 0 Å². The van der Waals surface area contributed by atoms with Gasteiger partial charge in [-0.3, -0.25) is 4.57 Å². The molecule has 0 aromatic rings. The molecule has 132 valence electrons. The second kappa shape index (κ2) is 8.25. The summed E-state index contributed by atoms with van der Waals surface area (Å²) in [6, 6.07) is 0. The van der Waals surface area contributed by atoms with Gasteiger partial charge < -0.3 is 14.2 Å². The van der Waals surface area contributed by atoms with E-state index in [1.165, 1.54) is 0 Å². The number of aliphatic hydroxyl groups is 1. The van der Waals surface area contributed by atoms with Crippen LogP contribution in [0.4, 0.5) is 0 Å². The Morgan fingerprint density at radius 1 is 1.18 bits per heavy atom. The van der Waals surface area contributed by atoms with E-state index in [0.717, 1.165) is 4.94 Å². The molecule has 0 fully saturated rings. The van der Waals surface area contributed by atoms with Crippen LogP contribution in [0.25, 0.3) is 0 Å². The van der Waals surface area contributed by atoms with E-state index < -0.39 is 21.8 Å². The average Bonchev–Trinajstić information content (AvgIpc) is 2.32. The molecule has 0 heterocycles. The maximum Gasteiger partial charge on any atom is 0.353 e. The molecule has 0 rings (SSSR count). The van der Waals surface area contributed by atoms with Gasteiger partial charge in [-0.1, -0.05) is 53.4 Å². The summed E-state index contributed by atoms with van der Waals surface area (Å²) in [4.78, 5) is 0.777. The van der Waals surface area contributed by atoms with Crippen LogP contribution in [0.3, 0.4) is 0 Å². The molecule has 22 heavy (non-hydrogen) atoms. The van der Waals surface area contributed by atoms with E-state index in [1.54, 1.807) is 0 Å². The van der Waals surface area contributed by atoms with Gasteiger partial charge in [0.2, 0.25) is 0 Å². The van der Waals surface area contributed by atoms with Gasteiger partial charge in [0, 0.05) is 10.9 Å². The SMILES string of the molecule is CCOP(=O)(OCC)/C(=C\[C@@H](C)[C@H](O)C(C)(C)C)[Si](C)(C)C. The van der Waals surface area contributed by atoms with Crippen LogP contribution in [0.5, 0.6) is 0 Å². The van der Waals surface area contributed by atoms with Gasteiger partial charge in [0.15, 0.2) is 0 Å². The van der Waals surface area contributed by atoms with Crippen LogP contribution in [-0.2, 0) is 13.6 Å². The second-order valence-corrected chi connectivity index (χ2v) is 15.3. The lowest BCUT2D eigenvalue weighted by molar-refractivity contribution is 0.0337. The Hall–Kier alpha value is 0.0669. The lowest BCUT2D eigenvalue weighted by Crippen LogP contribution is -2.33. The third-order valence-electron chi connectivity index (χ3n) is 3.47. The molecule has 0 amide bonds. The molecule has 0 radical (unpaired) electrons. The fraction of sp³-hybridized carbons (Fsp3) is 0.875. The maximum atomic E-state index is 13.2. The fourth-order valence-corrected chi connectivity index (χ4v) is 8.28. The molecule has 0 aromatic carbocycles. The molecular weight excluding hydrogens is 315 g/mol. The average molecular weight is 351 g/mol. The van der Waals surface area contributed by atoms with Gasteiger partial charge in [0.1, 0.15) is 0 Å². The second-order valence-electron chi connectivity index (χ2n) is 7.80. The lowest BCUT2D eigenvalue weighted by atomic mass is 9.82. The highest BCUT2D eigenvalue weighted by atomic mass is 31.2. The van der Waals surface area contributed by atoms with E-state index in [-0.39, 0.29) is 11.3 Å². The van der Waals surface area contributed by atoms with Gasteiger partial charge in [-0.15, -0.1) is 0 Å². The van der Waals surface area contributed by atoms with Crippen LogP contribution >= 0.6 is 7.60 Å². The number of rotatable bonds is 8. The van der Waals surface area contributed by atoms with E-state index in [2.05, 4.69) is 19.6 Å². The Bertz CT molecular complexity index is 411. The van der Waals surface area contributed by atoms with Crippen LogP contribution in [0.1, 0.15) is 41.5 Å². The molecule has 0 unspecified atom stereocenters. The van der Waals surface area contributed by atoms with E-state index in [0.29, 0.717) is 13.2 Å². The van der Waals surface area contributed by atoms with Crippen molar-refractivity contribution in [1.82, 2.24) is 0 Å². The van der Waals surface area contributed by atoms with E-state index in [4.69, 9.17) is 9.05 Å². The molecule has 0 saturated carbocycles. The summed E-state index contributed by atoms with van der Waals surface area (Å²) in [5.41, 5.74) is -0.234. The Labute approximate surface area is 137 Å². The van der Waals surface area contributed by atoms with Crippen molar-refractivity contribution >= 4 is 15.7 Å². The Kier molecular flexibility index (Phi) is 8.27. The molecule has 0 aliphatic rings. The van der Waals surface area contributed by atoms with Crippen LogP contribution < -0.4 is 0 Å².